The molecule has 3 heterocycles. The summed E-state index contributed by atoms with van der Waals surface area (Å²) in [7, 11) is -2.09. The van der Waals surface area contributed by atoms with Gasteiger partial charge in [-0.3, -0.25) is 0 Å². The molecule has 0 amide bonds. The molecule has 1 aliphatic rings. The Hall–Kier alpha value is -2.76. The van der Waals surface area contributed by atoms with Crippen LogP contribution in [0.15, 0.2) is 41.7 Å². The van der Waals surface area contributed by atoms with Gasteiger partial charge in [-0.25, -0.2) is 27.8 Å². The molecule has 1 aromatic carbocycles. The van der Waals surface area contributed by atoms with Gasteiger partial charge in [-0.15, -0.1) is 0 Å². The van der Waals surface area contributed by atoms with Gasteiger partial charge < -0.3 is 14.4 Å². The van der Waals surface area contributed by atoms with Crippen LogP contribution in [0.5, 0.6) is 5.75 Å². The maximum absolute atomic E-state index is 12.5. The van der Waals surface area contributed by atoms with Crippen molar-refractivity contribution >= 4 is 26.9 Å². The first-order chi connectivity index (χ1) is 14.1. The molecule has 11 heteroatoms. The smallest absolute Gasteiger partial charge is 0.240 e. The highest BCUT2D eigenvalue weighted by Crippen LogP contribution is 2.23. The van der Waals surface area contributed by atoms with E-state index in [0.29, 0.717) is 31.2 Å². The number of nitrogens with one attached hydrogen (secondary N) is 1. The lowest BCUT2D eigenvalue weighted by Crippen LogP contribution is -2.36. The largest absolute Gasteiger partial charge is 0.497 e. The molecule has 10 nitrogen and oxygen atoms in total. The SMILES string of the molecule is COc1ccc(S(=O)(=O)NCCn2ncc3c(N4CCOCC4)ncnc32)cc1. The Bertz CT molecular complexity index is 1080. The molecular weight excluding hydrogens is 396 g/mol. The molecule has 1 N–H and O–H groups in total. The molecule has 2 aromatic heterocycles. The van der Waals surface area contributed by atoms with Crippen LogP contribution in [-0.4, -0.2) is 68.1 Å². The van der Waals surface area contributed by atoms with Gasteiger partial charge in [0.15, 0.2) is 5.65 Å². The summed E-state index contributed by atoms with van der Waals surface area (Å²) >= 11 is 0. The molecule has 1 aliphatic heterocycles. The lowest BCUT2D eigenvalue weighted by Gasteiger charge is -2.27. The predicted octanol–water partition coefficient (Wildman–Crippen LogP) is 0.650. The van der Waals surface area contributed by atoms with E-state index in [1.807, 2.05) is 0 Å². The standard InChI is InChI=1S/C18H22N6O4S/c1-27-14-2-4-15(5-3-14)29(25,26)22-6-7-24-18-16(12-21-24)17(19-13-20-18)23-8-10-28-11-9-23/h2-5,12-13,22H,6-11H2,1H3. The maximum atomic E-state index is 12.5. The number of fused-ring (bicyclic) bond motifs is 1. The van der Waals surface area contributed by atoms with Gasteiger partial charge in [0.1, 0.15) is 17.9 Å². The summed E-state index contributed by atoms with van der Waals surface area (Å²) in [6.45, 7) is 3.37. The normalized spacial score (nSPS) is 15.0. The van der Waals surface area contributed by atoms with Crippen molar-refractivity contribution in [1.82, 2.24) is 24.5 Å². The lowest BCUT2D eigenvalue weighted by atomic mass is 10.3. The summed E-state index contributed by atoms with van der Waals surface area (Å²) in [5.41, 5.74) is 0.671. The van der Waals surface area contributed by atoms with Gasteiger partial charge in [0.25, 0.3) is 0 Å². The topological polar surface area (TPSA) is 111 Å². The Morgan fingerprint density at radius 3 is 2.66 bits per heavy atom. The fraction of sp³-hybridized carbons (Fsp3) is 0.389. The van der Waals surface area contributed by atoms with Crippen LogP contribution in [0.3, 0.4) is 0 Å². The van der Waals surface area contributed by atoms with Crippen molar-refractivity contribution in [1.29, 1.82) is 0 Å². The first-order valence-corrected chi connectivity index (χ1v) is 10.7. The van der Waals surface area contributed by atoms with Crippen molar-refractivity contribution in [3.05, 3.63) is 36.8 Å². The van der Waals surface area contributed by atoms with Crippen LogP contribution in [-0.2, 0) is 21.3 Å². The number of benzene rings is 1. The van der Waals surface area contributed by atoms with Gasteiger partial charge in [0.05, 0.1) is 43.3 Å². The summed E-state index contributed by atoms with van der Waals surface area (Å²) in [4.78, 5) is 11.1. The van der Waals surface area contributed by atoms with Gasteiger partial charge in [0.2, 0.25) is 10.0 Å². The Labute approximate surface area is 168 Å². The monoisotopic (exact) mass is 418 g/mol. The Balaban J connectivity index is 1.45. The van der Waals surface area contributed by atoms with Gasteiger partial charge in [-0.2, -0.15) is 5.10 Å². The fourth-order valence-electron chi connectivity index (χ4n) is 3.20. The summed E-state index contributed by atoms with van der Waals surface area (Å²) in [5.74, 6) is 1.42. The molecule has 1 fully saturated rings. The number of morpholine rings is 1. The predicted molar refractivity (Wildman–Crippen MR) is 107 cm³/mol. The van der Waals surface area contributed by atoms with Gasteiger partial charge in [0, 0.05) is 19.6 Å². The van der Waals surface area contributed by atoms with E-state index in [0.717, 1.165) is 24.3 Å². The summed E-state index contributed by atoms with van der Waals surface area (Å²) in [6.07, 6.45) is 3.23. The molecule has 154 valence electrons. The number of methoxy groups -OCH3 is 1. The molecular formula is C18H22N6O4S. The van der Waals surface area contributed by atoms with Crippen LogP contribution in [0.25, 0.3) is 11.0 Å². The van der Waals surface area contributed by atoms with Crippen molar-refractivity contribution in [2.24, 2.45) is 0 Å². The van der Waals surface area contributed by atoms with Crippen molar-refractivity contribution in [2.45, 2.75) is 11.4 Å². The van der Waals surface area contributed by atoms with Crippen molar-refractivity contribution in [3.8, 4) is 5.75 Å². The van der Waals surface area contributed by atoms with Gasteiger partial charge in [-0.05, 0) is 24.3 Å². The maximum Gasteiger partial charge on any atom is 0.240 e. The minimum atomic E-state index is -3.62. The van der Waals surface area contributed by atoms with E-state index in [1.54, 1.807) is 23.0 Å². The number of ether oxygens (including phenoxy) is 2. The fourth-order valence-corrected chi connectivity index (χ4v) is 4.22. The van der Waals surface area contributed by atoms with Crippen molar-refractivity contribution in [3.63, 3.8) is 0 Å². The molecule has 29 heavy (non-hydrogen) atoms. The van der Waals surface area contributed by atoms with Gasteiger partial charge >= 0.3 is 0 Å². The number of rotatable bonds is 7. The van der Waals surface area contributed by atoms with Crippen LogP contribution < -0.4 is 14.4 Å². The average molecular weight is 418 g/mol. The number of hydrogen-bond acceptors (Lipinski definition) is 8. The first kappa shape index (κ1) is 19.6. The molecule has 0 saturated carbocycles. The quantitative estimate of drug-likeness (QED) is 0.595. The number of nitrogens with zero attached hydrogens (tertiary/aromatic N) is 5. The highest BCUT2D eigenvalue weighted by atomic mass is 32.2. The van der Waals surface area contributed by atoms with E-state index in [9.17, 15) is 8.42 Å². The third-order valence-electron chi connectivity index (χ3n) is 4.71. The first-order valence-electron chi connectivity index (χ1n) is 9.21. The number of aromatic nitrogens is 4. The van der Waals surface area contributed by atoms with Crippen LogP contribution in [0, 0.1) is 0 Å². The van der Waals surface area contributed by atoms with E-state index < -0.39 is 10.0 Å². The third-order valence-corrected chi connectivity index (χ3v) is 6.19. The molecule has 0 spiro atoms. The van der Waals surface area contributed by atoms with E-state index in [2.05, 4.69) is 24.7 Å². The number of hydrogen-bond donors (Lipinski definition) is 1. The highest BCUT2D eigenvalue weighted by molar-refractivity contribution is 7.89. The van der Waals surface area contributed by atoms with Crippen LogP contribution in [0.1, 0.15) is 0 Å². The van der Waals surface area contributed by atoms with Crippen LogP contribution in [0.4, 0.5) is 5.82 Å². The lowest BCUT2D eigenvalue weighted by molar-refractivity contribution is 0.122. The Morgan fingerprint density at radius 1 is 1.17 bits per heavy atom. The summed E-state index contributed by atoms with van der Waals surface area (Å²) in [5, 5.41) is 5.21. The minimum absolute atomic E-state index is 0.181. The van der Waals surface area contributed by atoms with E-state index in [4.69, 9.17) is 9.47 Å². The molecule has 0 bridgehead atoms. The van der Waals surface area contributed by atoms with Gasteiger partial charge in [-0.1, -0.05) is 0 Å². The molecule has 0 aliphatic carbocycles. The average Bonchev–Trinajstić information content (AvgIpc) is 3.17. The molecule has 0 radical (unpaired) electrons. The second-order valence-corrected chi connectivity index (χ2v) is 8.24. The zero-order chi connectivity index (χ0) is 20.3. The molecule has 4 rings (SSSR count). The van der Waals surface area contributed by atoms with Crippen LogP contribution in [0.2, 0.25) is 0 Å². The zero-order valence-corrected chi connectivity index (χ0v) is 16.8. The molecule has 3 aromatic rings. The molecule has 1 saturated heterocycles. The number of anilines is 1. The second-order valence-electron chi connectivity index (χ2n) is 6.47. The minimum Gasteiger partial charge on any atom is -0.497 e. The second kappa shape index (κ2) is 8.31. The van der Waals surface area contributed by atoms with Crippen molar-refractivity contribution < 1.29 is 17.9 Å². The Kier molecular flexibility index (Phi) is 5.60. The zero-order valence-electron chi connectivity index (χ0n) is 16.0. The summed E-state index contributed by atoms with van der Waals surface area (Å²) in [6, 6.07) is 6.23. The van der Waals surface area contributed by atoms with Crippen LogP contribution >= 0.6 is 0 Å². The van der Waals surface area contributed by atoms with Crippen molar-refractivity contribution in [2.75, 3.05) is 44.9 Å². The molecule has 0 atom stereocenters. The van der Waals surface area contributed by atoms with E-state index in [1.165, 1.54) is 25.6 Å². The highest BCUT2D eigenvalue weighted by Gasteiger charge is 2.18. The van der Waals surface area contributed by atoms with E-state index in [-0.39, 0.29) is 11.4 Å². The Morgan fingerprint density at radius 2 is 1.93 bits per heavy atom. The number of sulfonamides is 1. The third kappa shape index (κ3) is 4.16. The van der Waals surface area contributed by atoms with E-state index >= 15 is 0 Å². The molecule has 0 unspecified atom stereocenters. The summed E-state index contributed by atoms with van der Waals surface area (Å²) < 4.78 is 39.6.